The number of hydrogen-bond acceptors (Lipinski definition) is 14. The molecule has 65 heavy (non-hydrogen) atoms. The van der Waals surface area contributed by atoms with E-state index in [1.807, 2.05) is 24.3 Å². The molecule has 3 unspecified atom stereocenters. The minimum absolute atomic E-state index is 0.0494. The third-order valence-electron chi connectivity index (χ3n) is 11.4. The standard InChI is InChI=1S/C49H87O15P/c1-3-5-7-8-9-10-11-12-13-14-15-16-17-18-22-25-29-35-43(53)63-41(38-62-65(59,60)64-49-47(57)45(55)44(54)46(56)48(49)58)37-61-42(52)36-30-34-40(51)33-28-24-21-19-20-23-27-32-39(50)31-26-6-4-2/h20-21,23-24,27-28,32-33,39-41,44-51,54-58H,3-19,22,25-26,29-31,34-38H2,1-2H3,(H,59,60)/b23-20-,24-21-,32-27+,33-28+/t39-,40-,41+,44?,45-,46+,47+,48+,49?/m0/s1. The molecule has 0 radical (unpaired) electrons. The molecule has 1 aliphatic carbocycles. The van der Waals surface area contributed by atoms with Gasteiger partial charge in [-0.2, -0.15) is 0 Å². The van der Waals surface area contributed by atoms with Gasteiger partial charge in [0.2, 0.25) is 0 Å². The number of unbranched alkanes of at least 4 members (excludes halogenated alkanes) is 18. The van der Waals surface area contributed by atoms with Crippen LogP contribution in [-0.4, -0.2) is 121 Å². The van der Waals surface area contributed by atoms with Crippen LogP contribution in [0, 0.1) is 0 Å². The van der Waals surface area contributed by atoms with Crippen molar-refractivity contribution in [3.05, 3.63) is 48.6 Å². The Morgan fingerprint density at radius 1 is 0.538 bits per heavy atom. The van der Waals surface area contributed by atoms with Crippen LogP contribution in [-0.2, 0) is 32.7 Å². The van der Waals surface area contributed by atoms with E-state index in [2.05, 4.69) is 13.8 Å². The number of rotatable bonds is 40. The lowest BCUT2D eigenvalue weighted by atomic mass is 9.85. The summed E-state index contributed by atoms with van der Waals surface area (Å²) >= 11 is 0. The highest BCUT2D eigenvalue weighted by Crippen LogP contribution is 2.47. The zero-order valence-corrected chi connectivity index (χ0v) is 40.4. The molecule has 0 saturated heterocycles. The Morgan fingerprint density at radius 2 is 0.954 bits per heavy atom. The van der Waals surface area contributed by atoms with Gasteiger partial charge in [0.25, 0.3) is 0 Å². The highest BCUT2D eigenvalue weighted by molar-refractivity contribution is 7.47. The summed E-state index contributed by atoms with van der Waals surface area (Å²) in [7, 11) is -5.18. The quantitative estimate of drug-likeness (QED) is 0.0126. The first kappa shape index (κ1) is 60.7. The van der Waals surface area contributed by atoms with E-state index in [1.165, 1.54) is 77.0 Å². The molecule has 378 valence electrons. The fourth-order valence-electron chi connectivity index (χ4n) is 7.33. The number of hydrogen-bond donors (Lipinski definition) is 8. The largest absolute Gasteiger partial charge is 0.472 e. The fourth-order valence-corrected chi connectivity index (χ4v) is 8.30. The van der Waals surface area contributed by atoms with Gasteiger partial charge in [-0.3, -0.25) is 18.6 Å². The summed E-state index contributed by atoms with van der Waals surface area (Å²) in [5.41, 5.74) is 0. The number of carbonyl (C=O) groups is 2. The van der Waals surface area contributed by atoms with Gasteiger partial charge in [-0.25, -0.2) is 4.57 Å². The molecule has 0 amide bonds. The first-order chi connectivity index (χ1) is 31.2. The van der Waals surface area contributed by atoms with Crippen molar-refractivity contribution >= 4 is 19.8 Å². The number of aliphatic hydroxyl groups excluding tert-OH is 7. The maximum Gasteiger partial charge on any atom is 0.472 e. The number of aliphatic hydroxyl groups is 7. The third kappa shape index (κ3) is 31.4. The van der Waals surface area contributed by atoms with Gasteiger partial charge >= 0.3 is 19.8 Å². The summed E-state index contributed by atoms with van der Waals surface area (Å²) in [5, 5.41) is 70.4. The third-order valence-corrected chi connectivity index (χ3v) is 12.4. The summed E-state index contributed by atoms with van der Waals surface area (Å²) in [4.78, 5) is 35.8. The second-order valence-corrected chi connectivity index (χ2v) is 18.8. The lowest BCUT2D eigenvalue weighted by molar-refractivity contribution is -0.220. The lowest BCUT2D eigenvalue weighted by Crippen LogP contribution is -2.64. The normalized spacial score (nSPS) is 22.8. The number of ether oxygens (including phenoxy) is 2. The molecule has 1 fully saturated rings. The summed E-state index contributed by atoms with van der Waals surface area (Å²) in [6, 6.07) is 0. The van der Waals surface area contributed by atoms with Crippen molar-refractivity contribution in [2.24, 2.45) is 0 Å². The van der Waals surface area contributed by atoms with Gasteiger partial charge in [-0.15, -0.1) is 0 Å². The van der Waals surface area contributed by atoms with Crippen LogP contribution in [0.4, 0.5) is 0 Å². The highest BCUT2D eigenvalue weighted by Gasteiger charge is 2.51. The van der Waals surface area contributed by atoms with Crippen molar-refractivity contribution in [1.29, 1.82) is 0 Å². The first-order valence-electron chi connectivity index (χ1n) is 24.7. The zero-order valence-electron chi connectivity index (χ0n) is 39.5. The Morgan fingerprint density at radius 3 is 1.45 bits per heavy atom. The Balaban J connectivity index is 2.53. The van der Waals surface area contributed by atoms with Crippen molar-refractivity contribution in [2.45, 2.75) is 236 Å². The van der Waals surface area contributed by atoms with E-state index >= 15 is 0 Å². The van der Waals surface area contributed by atoms with Gasteiger partial charge in [0.15, 0.2) is 6.10 Å². The van der Waals surface area contributed by atoms with Crippen molar-refractivity contribution in [3.8, 4) is 0 Å². The molecule has 8 N–H and O–H groups in total. The number of esters is 2. The minimum Gasteiger partial charge on any atom is -0.462 e. The Labute approximate surface area is 389 Å². The SMILES string of the molecule is CCCCCCCCCCCCCCCCCCCC(=O)O[C@H](COC(=O)CCC[C@@H](O)/C=C/C=C\C/C=C\C=C\[C@@H](O)CCCCC)COP(=O)(O)OC1[C@H](O)[C@H](O)C(O)[C@H](O)[C@H]1O. The molecule has 1 rings (SSSR count). The van der Waals surface area contributed by atoms with Crippen molar-refractivity contribution in [2.75, 3.05) is 13.2 Å². The maximum atomic E-state index is 12.8. The van der Waals surface area contributed by atoms with Crippen LogP contribution in [0.3, 0.4) is 0 Å². The first-order valence-corrected chi connectivity index (χ1v) is 26.2. The van der Waals surface area contributed by atoms with Gasteiger partial charge in [0.1, 0.15) is 43.2 Å². The average molecular weight is 947 g/mol. The molecule has 1 saturated carbocycles. The van der Waals surface area contributed by atoms with E-state index in [-0.39, 0.29) is 25.7 Å². The van der Waals surface area contributed by atoms with Gasteiger partial charge in [0.05, 0.1) is 18.8 Å². The molecule has 0 aromatic carbocycles. The smallest absolute Gasteiger partial charge is 0.462 e. The predicted octanol–water partition coefficient (Wildman–Crippen LogP) is 7.89. The molecule has 0 bridgehead atoms. The second-order valence-electron chi connectivity index (χ2n) is 17.4. The van der Waals surface area contributed by atoms with Crippen LogP contribution in [0.25, 0.3) is 0 Å². The van der Waals surface area contributed by atoms with Crippen LogP contribution >= 0.6 is 7.82 Å². The highest BCUT2D eigenvalue weighted by atomic mass is 31.2. The van der Waals surface area contributed by atoms with Crippen LogP contribution in [0.2, 0.25) is 0 Å². The van der Waals surface area contributed by atoms with E-state index in [0.717, 1.165) is 51.4 Å². The van der Waals surface area contributed by atoms with Crippen molar-refractivity contribution < 1.29 is 73.3 Å². The van der Waals surface area contributed by atoms with Crippen molar-refractivity contribution in [3.63, 3.8) is 0 Å². The van der Waals surface area contributed by atoms with Gasteiger partial charge in [-0.1, -0.05) is 184 Å². The van der Waals surface area contributed by atoms with E-state index < -0.39 is 87.9 Å². The molecule has 0 aromatic rings. The Bertz CT molecular complexity index is 1360. The number of carbonyl (C=O) groups excluding carboxylic acids is 2. The van der Waals surface area contributed by atoms with Crippen molar-refractivity contribution in [1.82, 2.24) is 0 Å². The van der Waals surface area contributed by atoms with E-state index in [4.69, 9.17) is 18.5 Å². The predicted molar refractivity (Wildman–Crippen MR) is 251 cm³/mol. The van der Waals surface area contributed by atoms with Gasteiger partial charge in [0, 0.05) is 12.8 Å². The summed E-state index contributed by atoms with van der Waals surface area (Å²) < 4.78 is 33.4. The van der Waals surface area contributed by atoms with E-state index in [1.54, 1.807) is 24.3 Å². The minimum atomic E-state index is -5.18. The van der Waals surface area contributed by atoms with E-state index in [9.17, 15) is 54.8 Å². The molecule has 1 aliphatic rings. The topological polar surface area (TPSA) is 250 Å². The van der Waals surface area contributed by atoms with Gasteiger partial charge in [-0.05, 0) is 32.1 Å². The average Bonchev–Trinajstić information content (AvgIpc) is 3.28. The zero-order chi connectivity index (χ0) is 48.1. The Kier molecular flexibility index (Phi) is 36.1. The monoisotopic (exact) mass is 947 g/mol. The van der Waals surface area contributed by atoms with Crippen LogP contribution in [0.15, 0.2) is 48.6 Å². The molecular weight excluding hydrogens is 859 g/mol. The number of phosphoric acid groups is 1. The molecule has 10 atom stereocenters. The molecule has 0 heterocycles. The number of phosphoric ester groups is 1. The molecule has 15 nitrogen and oxygen atoms in total. The van der Waals surface area contributed by atoms with Crippen LogP contribution in [0.5, 0.6) is 0 Å². The Hall–Kier alpha value is -2.27. The van der Waals surface area contributed by atoms with Crippen LogP contribution in [0.1, 0.15) is 181 Å². The lowest BCUT2D eigenvalue weighted by Gasteiger charge is -2.41. The summed E-state index contributed by atoms with van der Waals surface area (Å²) in [5.74, 6) is -1.32. The molecular formula is C49H87O15P. The second kappa shape index (κ2) is 38.7. The maximum absolute atomic E-state index is 12.8. The summed E-state index contributed by atoms with van der Waals surface area (Å²) in [6.07, 6.45) is 25.0. The fraction of sp³-hybridized carbons (Fsp3) is 0.796. The summed E-state index contributed by atoms with van der Waals surface area (Å²) in [6.45, 7) is 3.02. The number of allylic oxidation sites excluding steroid dienone is 6. The molecule has 0 spiro atoms. The molecule has 0 aromatic heterocycles. The molecule has 0 aliphatic heterocycles. The van der Waals surface area contributed by atoms with Gasteiger partial charge < -0.3 is 50.1 Å². The molecule has 16 heteroatoms. The van der Waals surface area contributed by atoms with E-state index in [0.29, 0.717) is 12.8 Å². The van der Waals surface area contributed by atoms with Crippen LogP contribution < -0.4 is 0 Å².